The van der Waals surface area contributed by atoms with Crippen molar-refractivity contribution in [3.63, 3.8) is 0 Å². The van der Waals surface area contributed by atoms with E-state index >= 15 is 0 Å². The zero-order valence-corrected chi connectivity index (χ0v) is 10.3. The van der Waals surface area contributed by atoms with Gasteiger partial charge in [0, 0.05) is 32.7 Å². The number of nitrogens with one attached hydrogen (secondary N) is 1. The number of nitrogens with two attached hydrogens (primary N) is 1. The molecule has 0 aromatic heterocycles. The number of hydrogen-bond donors (Lipinski definition) is 2. The first-order valence-electron chi connectivity index (χ1n) is 5.39. The monoisotopic (exact) mass is 216 g/mol. The van der Waals surface area contributed by atoms with E-state index in [2.05, 4.69) is 5.32 Å². The molecule has 3 N–H and O–H groups in total. The second-order valence-corrected chi connectivity index (χ2v) is 4.87. The van der Waals surface area contributed by atoms with Gasteiger partial charge in [0.1, 0.15) is 0 Å². The Hall–Kier alpha value is -0.610. The van der Waals surface area contributed by atoms with Crippen LogP contribution in [0.2, 0.25) is 0 Å². The quantitative estimate of drug-likeness (QED) is 0.648. The molecule has 15 heavy (non-hydrogen) atoms. The van der Waals surface area contributed by atoms with Gasteiger partial charge in [0.2, 0.25) is 5.91 Å². The highest BCUT2D eigenvalue weighted by Gasteiger charge is 2.22. The van der Waals surface area contributed by atoms with Crippen molar-refractivity contribution >= 4 is 5.91 Å². The maximum atomic E-state index is 11.4. The van der Waals surface area contributed by atoms with Crippen LogP contribution in [-0.2, 0) is 9.53 Å². The summed E-state index contributed by atoms with van der Waals surface area (Å²) in [5, 5.41) is 2.82. The summed E-state index contributed by atoms with van der Waals surface area (Å²) in [6.45, 7) is 7.44. The molecule has 0 aromatic rings. The van der Waals surface area contributed by atoms with Crippen molar-refractivity contribution in [3.05, 3.63) is 0 Å². The van der Waals surface area contributed by atoms with Crippen molar-refractivity contribution in [1.29, 1.82) is 0 Å². The van der Waals surface area contributed by atoms with Crippen LogP contribution in [0.15, 0.2) is 0 Å². The van der Waals surface area contributed by atoms with Crippen LogP contribution in [0, 0.1) is 5.41 Å². The maximum Gasteiger partial charge on any atom is 0.221 e. The second-order valence-electron chi connectivity index (χ2n) is 4.87. The van der Waals surface area contributed by atoms with E-state index in [1.807, 2.05) is 20.8 Å². The summed E-state index contributed by atoms with van der Waals surface area (Å²) in [4.78, 5) is 11.4. The standard InChI is InChI=1S/C11H24N2O2/c1-11(2,3)9(12)8-10(14)13-6-5-7-15-4/h9H,5-8,12H2,1-4H3,(H,13,14). The van der Waals surface area contributed by atoms with Gasteiger partial charge in [0.15, 0.2) is 0 Å². The Bertz CT molecular complexity index is 188. The first kappa shape index (κ1) is 14.4. The molecule has 1 atom stereocenters. The lowest BCUT2D eigenvalue weighted by Crippen LogP contribution is -2.40. The molecule has 0 radical (unpaired) electrons. The van der Waals surface area contributed by atoms with E-state index in [1.54, 1.807) is 7.11 Å². The van der Waals surface area contributed by atoms with E-state index in [-0.39, 0.29) is 17.4 Å². The second kappa shape index (κ2) is 6.80. The summed E-state index contributed by atoms with van der Waals surface area (Å²) in [7, 11) is 1.65. The molecule has 4 nitrogen and oxygen atoms in total. The van der Waals surface area contributed by atoms with Crippen molar-refractivity contribution < 1.29 is 9.53 Å². The Kier molecular flexibility index (Phi) is 6.52. The minimum absolute atomic E-state index is 0.0218. The Morgan fingerprint density at radius 3 is 2.53 bits per heavy atom. The molecule has 0 rings (SSSR count). The molecule has 0 saturated heterocycles. The van der Waals surface area contributed by atoms with Crippen LogP contribution in [0.4, 0.5) is 0 Å². The van der Waals surface area contributed by atoms with Crippen LogP contribution < -0.4 is 11.1 Å². The van der Waals surface area contributed by atoms with Crippen molar-refractivity contribution in [1.82, 2.24) is 5.32 Å². The third-order valence-electron chi connectivity index (χ3n) is 2.37. The fourth-order valence-corrected chi connectivity index (χ4v) is 1.02. The van der Waals surface area contributed by atoms with Crippen LogP contribution in [0.5, 0.6) is 0 Å². The number of carbonyl (C=O) groups excluding carboxylic acids is 1. The molecule has 1 unspecified atom stereocenters. The Labute approximate surface area is 92.6 Å². The van der Waals surface area contributed by atoms with Crippen molar-refractivity contribution in [2.75, 3.05) is 20.3 Å². The lowest BCUT2D eigenvalue weighted by molar-refractivity contribution is -0.121. The zero-order chi connectivity index (χ0) is 11.9. The van der Waals surface area contributed by atoms with Gasteiger partial charge in [-0.15, -0.1) is 0 Å². The molecule has 4 heteroatoms. The minimum atomic E-state index is -0.0973. The summed E-state index contributed by atoms with van der Waals surface area (Å²) < 4.78 is 4.88. The molecule has 0 bridgehead atoms. The number of amides is 1. The molecule has 90 valence electrons. The smallest absolute Gasteiger partial charge is 0.221 e. The van der Waals surface area contributed by atoms with E-state index < -0.39 is 0 Å². The van der Waals surface area contributed by atoms with E-state index in [1.165, 1.54) is 0 Å². The van der Waals surface area contributed by atoms with Crippen LogP contribution in [0.1, 0.15) is 33.6 Å². The topological polar surface area (TPSA) is 64.3 Å². The van der Waals surface area contributed by atoms with Gasteiger partial charge < -0.3 is 15.8 Å². The van der Waals surface area contributed by atoms with Crippen LogP contribution in [0.3, 0.4) is 0 Å². The van der Waals surface area contributed by atoms with Gasteiger partial charge in [-0.2, -0.15) is 0 Å². The molecule has 0 aliphatic carbocycles. The number of hydrogen-bond acceptors (Lipinski definition) is 3. The predicted octanol–water partition coefficient (Wildman–Crippen LogP) is 0.903. The average molecular weight is 216 g/mol. The van der Waals surface area contributed by atoms with Gasteiger partial charge >= 0.3 is 0 Å². The minimum Gasteiger partial charge on any atom is -0.385 e. The summed E-state index contributed by atoms with van der Waals surface area (Å²) in [6.07, 6.45) is 1.23. The van der Waals surface area contributed by atoms with Gasteiger partial charge in [0.25, 0.3) is 0 Å². The average Bonchev–Trinajstić information content (AvgIpc) is 2.11. The van der Waals surface area contributed by atoms with Gasteiger partial charge in [0.05, 0.1) is 0 Å². The molecule has 0 spiro atoms. The summed E-state index contributed by atoms with van der Waals surface area (Å²) in [5.41, 5.74) is 5.87. The van der Waals surface area contributed by atoms with Crippen molar-refractivity contribution in [2.24, 2.45) is 11.1 Å². The molecular weight excluding hydrogens is 192 g/mol. The Morgan fingerprint density at radius 1 is 1.47 bits per heavy atom. The summed E-state index contributed by atoms with van der Waals surface area (Å²) in [5.74, 6) is 0.0218. The largest absolute Gasteiger partial charge is 0.385 e. The first-order chi connectivity index (χ1) is 6.88. The van der Waals surface area contributed by atoms with Crippen LogP contribution >= 0.6 is 0 Å². The molecule has 1 amide bonds. The zero-order valence-electron chi connectivity index (χ0n) is 10.3. The molecule has 0 fully saturated rings. The molecule has 0 aromatic carbocycles. The van der Waals surface area contributed by atoms with E-state index in [9.17, 15) is 4.79 Å². The highest BCUT2D eigenvalue weighted by molar-refractivity contribution is 5.76. The van der Waals surface area contributed by atoms with Gasteiger partial charge in [-0.3, -0.25) is 4.79 Å². The number of rotatable bonds is 6. The highest BCUT2D eigenvalue weighted by atomic mass is 16.5. The van der Waals surface area contributed by atoms with E-state index in [4.69, 9.17) is 10.5 Å². The Balaban J connectivity index is 3.65. The molecule has 0 heterocycles. The lowest BCUT2D eigenvalue weighted by atomic mass is 9.85. The first-order valence-corrected chi connectivity index (χ1v) is 5.39. The number of methoxy groups -OCH3 is 1. The van der Waals surface area contributed by atoms with E-state index in [0.29, 0.717) is 19.6 Å². The van der Waals surface area contributed by atoms with Gasteiger partial charge in [-0.25, -0.2) is 0 Å². The molecule has 0 aliphatic heterocycles. The van der Waals surface area contributed by atoms with Crippen LogP contribution in [0.25, 0.3) is 0 Å². The normalized spacial score (nSPS) is 13.7. The fraction of sp³-hybridized carbons (Fsp3) is 0.909. The fourth-order valence-electron chi connectivity index (χ4n) is 1.02. The van der Waals surface area contributed by atoms with Gasteiger partial charge in [-0.05, 0) is 11.8 Å². The summed E-state index contributed by atoms with van der Waals surface area (Å²) in [6, 6.07) is -0.0973. The SMILES string of the molecule is COCCCNC(=O)CC(N)C(C)(C)C. The third-order valence-corrected chi connectivity index (χ3v) is 2.37. The molecule has 0 saturated carbocycles. The molecule has 0 aliphatic rings. The third kappa shape index (κ3) is 7.33. The van der Waals surface area contributed by atoms with Gasteiger partial charge in [-0.1, -0.05) is 20.8 Å². The molecular formula is C11H24N2O2. The highest BCUT2D eigenvalue weighted by Crippen LogP contribution is 2.19. The predicted molar refractivity (Wildman–Crippen MR) is 61.6 cm³/mol. The number of ether oxygens (including phenoxy) is 1. The number of carbonyl (C=O) groups is 1. The maximum absolute atomic E-state index is 11.4. The summed E-state index contributed by atoms with van der Waals surface area (Å²) >= 11 is 0. The van der Waals surface area contributed by atoms with Crippen molar-refractivity contribution in [2.45, 2.75) is 39.7 Å². The van der Waals surface area contributed by atoms with E-state index in [0.717, 1.165) is 6.42 Å². The Morgan fingerprint density at radius 2 is 2.07 bits per heavy atom. The van der Waals surface area contributed by atoms with Crippen LogP contribution in [-0.4, -0.2) is 32.2 Å². The lowest BCUT2D eigenvalue weighted by Gasteiger charge is -2.26. The van der Waals surface area contributed by atoms with Crippen molar-refractivity contribution in [3.8, 4) is 0 Å².